The Labute approximate surface area is 296 Å². The van der Waals surface area contributed by atoms with Crippen molar-refractivity contribution in [2.75, 3.05) is 5.32 Å². The van der Waals surface area contributed by atoms with Gasteiger partial charge in [0.25, 0.3) is 0 Å². The maximum absolute atomic E-state index is 5.41. The van der Waals surface area contributed by atoms with E-state index in [1.165, 1.54) is 33.0 Å². The van der Waals surface area contributed by atoms with Crippen LogP contribution in [0.5, 0.6) is 0 Å². The van der Waals surface area contributed by atoms with Crippen molar-refractivity contribution < 1.29 is 0 Å². The van der Waals surface area contributed by atoms with Gasteiger partial charge >= 0.3 is 0 Å². The molecule has 0 saturated heterocycles. The van der Waals surface area contributed by atoms with Gasteiger partial charge in [-0.1, -0.05) is 127 Å². The normalized spacial score (nSPS) is 18.7. The highest BCUT2D eigenvalue weighted by atomic mass is 14.9. The number of fused-ring (bicyclic) bond motifs is 7. The Kier molecular flexibility index (Phi) is 6.72. The van der Waals surface area contributed by atoms with E-state index in [2.05, 4.69) is 157 Å². The minimum Gasteiger partial charge on any atom is -0.372 e. The van der Waals surface area contributed by atoms with Crippen molar-refractivity contribution in [2.24, 2.45) is 10.4 Å². The molecule has 10 rings (SSSR count). The van der Waals surface area contributed by atoms with Crippen molar-refractivity contribution in [1.29, 1.82) is 0 Å². The van der Waals surface area contributed by atoms with Gasteiger partial charge in [-0.15, -0.1) is 0 Å². The van der Waals surface area contributed by atoms with Gasteiger partial charge in [0, 0.05) is 33.8 Å². The van der Waals surface area contributed by atoms with Gasteiger partial charge < -0.3 is 5.32 Å². The molecule has 7 aromatic rings. The predicted octanol–water partition coefficient (Wildman–Crippen LogP) is 9.98. The summed E-state index contributed by atoms with van der Waals surface area (Å²) >= 11 is 0. The first-order valence-electron chi connectivity index (χ1n) is 17.6. The molecule has 0 amide bonds. The van der Waals surface area contributed by atoms with Crippen molar-refractivity contribution in [3.63, 3.8) is 0 Å². The summed E-state index contributed by atoms with van der Waals surface area (Å²) in [4.78, 5) is 14.8. The molecule has 242 valence electrons. The molecule has 2 aromatic heterocycles. The van der Waals surface area contributed by atoms with Crippen molar-refractivity contribution in [1.82, 2.24) is 9.97 Å². The van der Waals surface area contributed by atoms with Gasteiger partial charge in [-0.2, -0.15) is 0 Å². The number of hydrogen-bond donors (Lipinski definition) is 1. The minimum absolute atomic E-state index is 0.00890. The van der Waals surface area contributed by atoms with Crippen LogP contribution in [-0.2, 0) is 0 Å². The van der Waals surface area contributed by atoms with Crippen LogP contribution in [-0.4, -0.2) is 9.97 Å². The second kappa shape index (κ2) is 11.6. The van der Waals surface area contributed by atoms with E-state index in [0.717, 1.165) is 61.7 Å². The molecule has 1 N–H and O–H groups in total. The molecule has 2 unspecified atom stereocenters. The van der Waals surface area contributed by atoms with E-state index in [9.17, 15) is 0 Å². The molecule has 1 aliphatic carbocycles. The maximum Gasteiger partial charge on any atom is 0.0970 e. The van der Waals surface area contributed by atoms with Crippen LogP contribution < -0.4 is 15.9 Å². The summed E-state index contributed by atoms with van der Waals surface area (Å²) in [5, 5.41) is 8.32. The van der Waals surface area contributed by atoms with Crippen LogP contribution >= 0.6 is 0 Å². The smallest absolute Gasteiger partial charge is 0.0970 e. The van der Waals surface area contributed by atoms with Crippen LogP contribution in [0.1, 0.15) is 36.1 Å². The van der Waals surface area contributed by atoms with Crippen LogP contribution in [0, 0.1) is 5.41 Å². The van der Waals surface area contributed by atoms with Crippen LogP contribution in [0.3, 0.4) is 0 Å². The summed E-state index contributed by atoms with van der Waals surface area (Å²) in [7, 11) is 0. The van der Waals surface area contributed by atoms with Crippen molar-refractivity contribution in [2.45, 2.75) is 19.4 Å². The Morgan fingerprint density at radius 3 is 2.29 bits per heavy atom. The van der Waals surface area contributed by atoms with Gasteiger partial charge in [0.05, 0.1) is 33.8 Å². The fourth-order valence-corrected chi connectivity index (χ4v) is 8.19. The molecule has 0 radical (unpaired) electrons. The quantitative estimate of drug-likeness (QED) is 0.192. The molecule has 3 aliphatic rings. The molecule has 4 heterocycles. The fourth-order valence-electron chi connectivity index (χ4n) is 8.19. The number of hydrogen-bond acceptors (Lipinski definition) is 4. The van der Waals surface area contributed by atoms with E-state index in [1.807, 2.05) is 24.5 Å². The monoisotopic (exact) mass is 654 g/mol. The van der Waals surface area contributed by atoms with Gasteiger partial charge in [-0.05, 0) is 82.1 Å². The van der Waals surface area contributed by atoms with E-state index >= 15 is 0 Å². The molecule has 0 spiro atoms. The standard InChI is InChI=1S/C47H34N4/c1-47-26-6-5-13-41(47)51-46-38(42(47)34-20-14-31(15-21-34)30-9-3-2-4-10-30)24-22-35-23-25-40(50-44(35)46)33-18-16-32(17-19-33)39-29-36-11-7-27-48-43(36)45-37(39)12-8-28-49-45/h2-25,27-29,40,50H,26H2,1H3. The molecule has 2 atom stereocenters. The molecule has 0 saturated carbocycles. The third-order valence-electron chi connectivity index (χ3n) is 10.8. The molecular weight excluding hydrogens is 621 g/mol. The van der Waals surface area contributed by atoms with Gasteiger partial charge in [0.2, 0.25) is 0 Å². The highest BCUT2D eigenvalue weighted by Gasteiger charge is 2.38. The first-order chi connectivity index (χ1) is 25.1. The SMILES string of the molecule is CC12CC=CC=C1N=c1c3c(ccc1=C2c1ccc(-c2ccccc2)cc1)C=CC(c1ccc(-c2cc4cccnc4c4ncccc24)cc1)N3. The lowest BCUT2D eigenvalue weighted by atomic mass is 9.69. The highest BCUT2D eigenvalue weighted by molar-refractivity contribution is 6.10. The third kappa shape index (κ3) is 4.79. The number of anilines is 1. The Bertz CT molecular complexity index is 2740. The molecule has 2 aliphatic heterocycles. The Morgan fingerprint density at radius 2 is 1.45 bits per heavy atom. The van der Waals surface area contributed by atoms with Crippen LogP contribution in [0.25, 0.3) is 55.7 Å². The van der Waals surface area contributed by atoms with Gasteiger partial charge in [-0.25, -0.2) is 4.99 Å². The van der Waals surface area contributed by atoms with Crippen LogP contribution in [0.15, 0.2) is 169 Å². The molecule has 5 aromatic carbocycles. The fraction of sp³-hybridized carbons (Fsp3) is 0.0851. The van der Waals surface area contributed by atoms with Crippen molar-refractivity contribution >= 4 is 39.1 Å². The lowest BCUT2D eigenvalue weighted by molar-refractivity contribution is 0.518. The molecule has 4 heteroatoms. The lowest BCUT2D eigenvalue weighted by Gasteiger charge is -2.37. The molecular formula is C47H34N4. The Hall–Kier alpha value is -6.39. The number of rotatable bonds is 4. The van der Waals surface area contributed by atoms with E-state index < -0.39 is 0 Å². The first-order valence-corrected chi connectivity index (χ1v) is 17.6. The number of allylic oxidation sites excluding steroid dienone is 4. The van der Waals surface area contributed by atoms with E-state index in [-0.39, 0.29) is 11.5 Å². The summed E-state index contributed by atoms with van der Waals surface area (Å²) in [6, 6.07) is 43.6. The molecule has 51 heavy (non-hydrogen) atoms. The summed E-state index contributed by atoms with van der Waals surface area (Å²) in [5.74, 6) is 0. The number of nitrogens with one attached hydrogen (secondary N) is 1. The van der Waals surface area contributed by atoms with E-state index in [4.69, 9.17) is 9.98 Å². The number of benzene rings is 5. The lowest BCUT2D eigenvalue weighted by Crippen LogP contribution is -2.42. The second-order valence-corrected chi connectivity index (χ2v) is 13.9. The Morgan fingerprint density at radius 1 is 0.706 bits per heavy atom. The summed E-state index contributed by atoms with van der Waals surface area (Å²) in [6.45, 7) is 2.34. The zero-order chi connectivity index (χ0) is 33.9. The summed E-state index contributed by atoms with van der Waals surface area (Å²) < 4.78 is 0. The molecule has 0 bridgehead atoms. The number of nitrogens with zero attached hydrogens (tertiary/aromatic N) is 3. The average Bonchev–Trinajstić information content (AvgIpc) is 3.20. The Balaban J connectivity index is 1.05. The number of pyridine rings is 2. The molecule has 0 fully saturated rings. The largest absolute Gasteiger partial charge is 0.372 e. The number of aromatic nitrogens is 2. The van der Waals surface area contributed by atoms with Crippen LogP contribution in [0.4, 0.5) is 5.69 Å². The summed E-state index contributed by atoms with van der Waals surface area (Å²) in [5.41, 5.74) is 13.5. The molecule has 4 nitrogen and oxygen atoms in total. The average molecular weight is 655 g/mol. The van der Waals surface area contributed by atoms with Crippen molar-refractivity contribution in [3.8, 4) is 22.3 Å². The third-order valence-corrected chi connectivity index (χ3v) is 10.8. The van der Waals surface area contributed by atoms with Crippen LogP contribution in [0.2, 0.25) is 0 Å². The summed E-state index contributed by atoms with van der Waals surface area (Å²) in [6.07, 6.45) is 15.7. The first kappa shape index (κ1) is 29.5. The zero-order valence-corrected chi connectivity index (χ0v) is 28.2. The van der Waals surface area contributed by atoms with Gasteiger partial charge in [-0.3, -0.25) is 9.97 Å². The zero-order valence-electron chi connectivity index (χ0n) is 28.2. The van der Waals surface area contributed by atoms with Gasteiger partial charge in [0.1, 0.15) is 0 Å². The van der Waals surface area contributed by atoms with E-state index in [1.54, 1.807) is 0 Å². The highest BCUT2D eigenvalue weighted by Crippen LogP contribution is 2.47. The van der Waals surface area contributed by atoms with Crippen molar-refractivity contribution in [3.05, 3.63) is 191 Å². The topological polar surface area (TPSA) is 50.2 Å². The second-order valence-electron chi connectivity index (χ2n) is 13.9. The van der Waals surface area contributed by atoms with E-state index in [0.29, 0.717) is 0 Å². The van der Waals surface area contributed by atoms with Gasteiger partial charge in [0.15, 0.2) is 0 Å². The predicted molar refractivity (Wildman–Crippen MR) is 209 cm³/mol. The minimum atomic E-state index is -0.220. The maximum atomic E-state index is 5.41.